The van der Waals surface area contributed by atoms with E-state index in [0.29, 0.717) is 5.82 Å². The fourth-order valence-electron chi connectivity index (χ4n) is 0.703. The summed E-state index contributed by atoms with van der Waals surface area (Å²) in [6.45, 7) is 7.28. The summed E-state index contributed by atoms with van der Waals surface area (Å²) in [5, 5.41) is 2.56. The molecule has 13 heavy (non-hydrogen) atoms. The minimum absolute atomic E-state index is 0.122. The lowest BCUT2D eigenvalue weighted by molar-refractivity contribution is -0.114. The van der Waals surface area contributed by atoms with E-state index in [9.17, 15) is 4.79 Å². The first-order chi connectivity index (χ1) is 6.18. The van der Waals surface area contributed by atoms with Crippen molar-refractivity contribution in [3.8, 4) is 0 Å². The van der Waals surface area contributed by atoms with Gasteiger partial charge in [-0.25, -0.2) is 9.97 Å². The highest BCUT2D eigenvalue weighted by atomic mass is 16.1. The van der Waals surface area contributed by atoms with Crippen LogP contribution >= 0.6 is 0 Å². The van der Waals surface area contributed by atoms with Gasteiger partial charge >= 0.3 is 0 Å². The Morgan fingerprint density at radius 2 is 2.00 bits per heavy atom. The summed E-state index contributed by atoms with van der Waals surface area (Å²) in [7, 11) is 0. The highest BCUT2D eigenvalue weighted by Crippen LogP contribution is 2.01. The van der Waals surface area contributed by atoms with Gasteiger partial charge in [0.05, 0.1) is 0 Å². The number of amides is 1. The first kappa shape index (κ1) is 11.6. The van der Waals surface area contributed by atoms with Crippen LogP contribution < -0.4 is 5.32 Å². The van der Waals surface area contributed by atoms with Gasteiger partial charge in [-0.2, -0.15) is 0 Å². The zero-order valence-corrected chi connectivity index (χ0v) is 8.46. The highest BCUT2D eigenvalue weighted by molar-refractivity contribution is 5.87. The van der Waals surface area contributed by atoms with Gasteiger partial charge < -0.3 is 5.32 Å². The Labute approximate surface area is 78.4 Å². The van der Waals surface area contributed by atoms with E-state index >= 15 is 0 Å². The number of hydrogen-bond acceptors (Lipinski definition) is 3. The van der Waals surface area contributed by atoms with E-state index < -0.39 is 0 Å². The maximum atomic E-state index is 10.6. The van der Waals surface area contributed by atoms with Crippen molar-refractivity contribution in [1.29, 1.82) is 0 Å². The quantitative estimate of drug-likeness (QED) is 0.718. The fraction of sp³-hybridized carbons (Fsp3) is 0.444. The molecular formula is C9H15N3O. The fourth-order valence-corrected chi connectivity index (χ4v) is 0.703. The molecule has 0 aliphatic carbocycles. The topological polar surface area (TPSA) is 54.9 Å². The van der Waals surface area contributed by atoms with Gasteiger partial charge in [0.2, 0.25) is 5.91 Å². The second kappa shape index (κ2) is 6.11. The van der Waals surface area contributed by atoms with Crippen molar-refractivity contribution in [2.45, 2.75) is 27.7 Å². The van der Waals surface area contributed by atoms with Gasteiger partial charge in [-0.15, -0.1) is 0 Å². The molecule has 0 aliphatic rings. The Balaban J connectivity index is 0.000000671. The van der Waals surface area contributed by atoms with Gasteiger partial charge in [0.15, 0.2) is 0 Å². The van der Waals surface area contributed by atoms with Gasteiger partial charge in [-0.3, -0.25) is 4.79 Å². The first-order valence-corrected chi connectivity index (χ1v) is 4.25. The molecular weight excluding hydrogens is 166 g/mol. The van der Waals surface area contributed by atoms with Crippen molar-refractivity contribution in [1.82, 2.24) is 9.97 Å². The lowest BCUT2D eigenvalue weighted by Gasteiger charge is -1.99. The summed E-state index contributed by atoms with van der Waals surface area (Å²) in [6.07, 6.45) is 1.42. The lowest BCUT2D eigenvalue weighted by atomic mass is 10.4. The molecule has 0 radical (unpaired) electrons. The monoisotopic (exact) mass is 181 g/mol. The SMILES string of the molecule is CC.CC(=O)Nc1cc(C)ncn1. The van der Waals surface area contributed by atoms with E-state index in [1.54, 1.807) is 6.07 Å². The van der Waals surface area contributed by atoms with E-state index in [2.05, 4.69) is 15.3 Å². The lowest BCUT2D eigenvalue weighted by Crippen LogP contribution is -2.07. The zero-order chi connectivity index (χ0) is 10.3. The Bertz CT molecular complexity index is 273. The maximum Gasteiger partial charge on any atom is 0.222 e. The van der Waals surface area contributed by atoms with Crippen LogP contribution in [0.3, 0.4) is 0 Å². The average Bonchev–Trinajstić information content (AvgIpc) is 2.06. The smallest absolute Gasteiger partial charge is 0.222 e. The molecule has 0 spiro atoms. The number of carbonyl (C=O) groups excluding carboxylic acids is 1. The van der Waals surface area contributed by atoms with Crippen molar-refractivity contribution in [2.75, 3.05) is 5.32 Å². The van der Waals surface area contributed by atoms with Crippen LogP contribution in [-0.4, -0.2) is 15.9 Å². The Morgan fingerprint density at radius 1 is 1.38 bits per heavy atom. The molecule has 1 heterocycles. The molecule has 1 aromatic rings. The molecule has 1 aromatic heterocycles. The molecule has 0 bridgehead atoms. The predicted molar refractivity (Wildman–Crippen MR) is 52.4 cm³/mol. The number of nitrogens with zero attached hydrogens (tertiary/aromatic N) is 2. The van der Waals surface area contributed by atoms with Crippen LogP contribution in [0.15, 0.2) is 12.4 Å². The molecule has 1 rings (SSSR count). The van der Waals surface area contributed by atoms with Crippen LogP contribution in [0.5, 0.6) is 0 Å². The number of aryl methyl sites for hydroxylation is 1. The summed E-state index contributed by atoms with van der Waals surface area (Å²) >= 11 is 0. The second-order valence-corrected chi connectivity index (χ2v) is 2.23. The number of carbonyl (C=O) groups is 1. The van der Waals surface area contributed by atoms with E-state index in [-0.39, 0.29) is 5.91 Å². The molecule has 0 aromatic carbocycles. The van der Waals surface area contributed by atoms with E-state index in [1.165, 1.54) is 13.3 Å². The summed E-state index contributed by atoms with van der Waals surface area (Å²) in [5.74, 6) is 0.424. The predicted octanol–water partition coefficient (Wildman–Crippen LogP) is 1.77. The van der Waals surface area contributed by atoms with Crippen molar-refractivity contribution in [3.05, 3.63) is 18.1 Å². The van der Waals surface area contributed by atoms with Crippen molar-refractivity contribution >= 4 is 11.7 Å². The van der Waals surface area contributed by atoms with Crippen LogP contribution in [0.2, 0.25) is 0 Å². The van der Waals surface area contributed by atoms with E-state index in [4.69, 9.17) is 0 Å². The third-order valence-electron chi connectivity index (χ3n) is 1.11. The Kier molecular flexibility index (Phi) is 5.43. The average molecular weight is 181 g/mol. The van der Waals surface area contributed by atoms with Crippen LogP contribution in [-0.2, 0) is 4.79 Å². The van der Waals surface area contributed by atoms with Crippen LogP contribution in [0.25, 0.3) is 0 Å². The summed E-state index contributed by atoms with van der Waals surface area (Å²) < 4.78 is 0. The first-order valence-electron chi connectivity index (χ1n) is 4.25. The number of hydrogen-bond donors (Lipinski definition) is 1. The molecule has 1 N–H and O–H groups in total. The molecule has 4 nitrogen and oxygen atoms in total. The van der Waals surface area contributed by atoms with Crippen molar-refractivity contribution in [3.63, 3.8) is 0 Å². The van der Waals surface area contributed by atoms with Crippen LogP contribution in [0, 0.1) is 6.92 Å². The molecule has 0 fully saturated rings. The maximum absolute atomic E-state index is 10.6. The zero-order valence-electron chi connectivity index (χ0n) is 8.46. The minimum atomic E-state index is -0.122. The summed E-state index contributed by atoms with van der Waals surface area (Å²) in [4.78, 5) is 18.3. The van der Waals surface area contributed by atoms with Gasteiger partial charge in [-0.05, 0) is 6.92 Å². The number of rotatable bonds is 1. The highest BCUT2D eigenvalue weighted by Gasteiger charge is 1.95. The molecule has 0 aliphatic heterocycles. The molecule has 0 atom stereocenters. The van der Waals surface area contributed by atoms with E-state index in [1.807, 2.05) is 20.8 Å². The van der Waals surface area contributed by atoms with Crippen molar-refractivity contribution in [2.24, 2.45) is 0 Å². The van der Waals surface area contributed by atoms with Gasteiger partial charge in [0.25, 0.3) is 0 Å². The van der Waals surface area contributed by atoms with Crippen LogP contribution in [0.1, 0.15) is 26.5 Å². The number of anilines is 1. The number of nitrogens with one attached hydrogen (secondary N) is 1. The molecule has 4 heteroatoms. The number of aromatic nitrogens is 2. The van der Waals surface area contributed by atoms with Gasteiger partial charge in [-0.1, -0.05) is 13.8 Å². The normalized spacial score (nSPS) is 8.31. The Hall–Kier alpha value is -1.45. The van der Waals surface area contributed by atoms with Gasteiger partial charge in [0, 0.05) is 18.7 Å². The molecule has 72 valence electrons. The largest absolute Gasteiger partial charge is 0.311 e. The van der Waals surface area contributed by atoms with Gasteiger partial charge in [0.1, 0.15) is 12.1 Å². The van der Waals surface area contributed by atoms with Crippen molar-refractivity contribution < 1.29 is 4.79 Å². The summed E-state index contributed by atoms with van der Waals surface area (Å²) in [5.41, 5.74) is 0.837. The third-order valence-corrected chi connectivity index (χ3v) is 1.11. The molecule has 0 saturated heterocycles. The standard InChI is InChI=1S/C7H9N3O.C2H6/c1-5-3-7(9-4-8-5)10-6(2)11;1-2/h3-4H,1-2H3,(H,8,9,10,11);1-2H3. The Morgan fingerprint density at radius 3 is 2.46 bits per heavy atom. The van der Waals surface area contributed by atoms with E-state index in [0.717, 1.165) is 5.69 Å². The molecule has 0 saturated carbocycles. The van der Waals surface area contributed by atoms with Crippen LogP contribution in [0.4, 0.5) is 5.82 Å². The minimum Gasteiger partial charge on any atom is -0.311 e. The third kappa shape index (κ3) is 4.90. The molecule has 1 amide bonds. The summed E-state index contributed by atoms with van der Waals surface area (Å²) in [6, 6.07) is 1.71. The second-order valence-electron chi connectivity index (χ2n) is 2.23. The molecule has 0 unspecified atom stereocenters.